The molecular weight excluding hydrogens is 304 g/mol. The van der Waals surface area contributed by atoms with Crippen LogP contribution in [0.25, 0.3) is 0 Å². The molecule has 0 bridgehead atoms. The number of aromatic carboxylic acids is 1. The highest BCUT2D eigenvalue weighted by atomic mass is 32.1. The zero-order chi connectivity index (χ0) is 16.3. The maximum Gasteiger partial charge on any atom is 0.407 e. The topological polar surface area (TPSA) is 88.5 Å². The van der Waals surface area contributed by atoms with Gasteiger partial charge >= 0.3 is 12.1 Å². The van der Waals surface area contributed by atoms with E-state index in [1.165, 1.54) is 11.3 Å². The van der Waals surface area contributed by atoms with Gasteiger partial charge in [0.25, 0.3) is 0 Å². The van der Waals surface area contributed by atoms with Gasteiger partial charge in [-0.1, -0.05) is 6.42 Å². The van der Waals surface area contributed by atoms with Crippen molar-refractivity contribution < 1.29 is 19.4 Å². The largest absolute Gasteiger partial charge is 0.476 e. The maximum atomic E-state index is 11.8. The quantitative estimate of drug-likeness (QED) is 0.889. The minimum atomic E-state index is -0.998. The van der Waals surface area contributed by atoms with Crippen LogP contribution in [0.1, 0.15) is 67.9 Å². The number of amides is 1. The molecule has 0 spiro atoms. The van der Waals surface area contributed by atoms with Crippen LogP contribution >= 0.6 is 11.3 Å². The summed E-state index contributed by atoms with van der Waals surface area (Å²) in [7, 11) is 0. The summed E-state index contributed by atoms with van der Waals surface area (Å²) < 4.78 is 5.28. The van der Waals surface area contributed by atoms with Crippen LogP contribution in [0.5, 0.6) is 0 Å². The third-order valence-electron chi connectivity index (χ3n) is 3.49. The first-order valence-corrected chi connectivity index (χ1v) is 8.31. The number of alkyl carbamates (subject to hydrolysis) is 1. The molecule has 0 saturated heterocycles. The van der Waals surface area contributed by atoms with Crippen molar-refractivity contribution >= 4 is 23.4 Å². The molecule has 0 aliphatic heterocycles. The highest BCUT2D eigenvalue weighted by Crippen LogP contribution is 2.34. The second-order valence-corrected chi connectivity index (χ2v) is 7.47. The van der Waals surface area contributed by atoms with Crippen molar-refractivity contribution in [2.75, 3.05) is 0 Å². The molecule has 1 aliphatic rings. The van der Waals surface area contributed by atoms with E-state index in [9.17, 15) is 9.59 Å². The van der Waals surface area contributed by atoms with Gasteiger partial charge < -0.3 is 15.2 Å². The molecule has 1 fully saturated rings. The highest BCUT2D eigenvalue weighted by molar-refractivity contribution is 7.09. The van der Waals surface area contributed by atoms with E-state index in [-0.39, 0.29) is 17.7 Å². The Hall–Kier alpha value is -1.63. The molecule has 6 nitrogen and oxygen atoms in total. The molecule has 122 valence electrons. The molecule has 2 N–H and O–H groups in total. The van der Waals surface area contributed by atoms with Gasteiger partial charge in [0.15, 0.2) is 5.69 Å². The predicted molar refractivity (Wildman–Crippen MR) is 83.4 cm³/mol. The zero-order valence-electron chi connectivity index (χ0n) is 13.1. The first kappa shape index (κ1) is 16.7. The predicted octanol–water partition coefficient (Wildman–Crippen LogP) is 3.39. The second kappa shape index (κ2) is 6.64. The average Bonchev–Trinajstić information content (AvgIpc) is 2.86. The minimum absolute atomic E-state index is 0.0470. The van der Waals surface area contributed by atoms with E-state index in [2.05, 4.69) is 10.3 Å². The first-order chi connectivity index (χ1) is 10.2. The van der Waals surface area contributed by atoms with Gasteiger partial charge in [0, 0.05) is 17.3 Å². The number of nitrogens with zero attached hydrogens (tertiary/aromatic N) is 1. The molecule has 1 amide bonds. The molecule has 1 aliphatic carbocycles. The van der Waals surface area contributed by atoms with E-state index >= 15 is 0 Å². The van der Waals surface area contributed by atoms with E-state index < -0.39 is 17.7 Å². The minimum Gasteiger partial charge on any atom is -0.476 e. The Morgan fingerprint density at radius 3 is 2.73 bits per heavy atom. The van der Waals surface area contributed by atoms with E-state index in [1.54, 1.807) is 5.38 Å². The van der Waals surface area contributed by atoms with Crippen molar-refractivity contribution in [2.45, 2.75) is 64.0 Å². The van der Waals surface area contributed by atoms with Gasteiger partial charge in [-0.2, -0.15) is 0 Å². The zero-order valence-corrected chi connectivity index (χ0v) is 13.9. The summed E-state index contributed by atoms with van der Waals surface area (Å²) in [5, 5.41) is 14.3. The van der Waals surface area contributed by atoms with Crippen LogP contribution in [-0.4, -0.2) is 33.8 Å². The fraction of sp³-hybridized carbons (Fsp3) is 0.667. The van der Waals surface area contributed by atoms with Gasteiger partial charge in [0.2, 0.25) is 0 Å². The summed E-state index contributed by atoms with van der Waals surface area (Å²) >= 11 is 1.38. The lowest BCUT2D eigenvalue weighted by Gasteiger charge is -2.29. The first-order valence-electron chi connectivity index (χ1n) is 7.43. The van der Waals surface area contributed by atoms with Gasteiger partial charge in [-0.15, -0.1) is 11.3 Å². The molecule has 2 atom stereocenters. The highest BCUT2D eigenvalue weighted by Gasteiger charge is 2.28. The number of thiazole rings is 1. The van der Waals surface area contributed by atoms with E-state index in [0.29, 0.717) is 0 Å². The number of hydrogen-bond acceptors (Lipinski definition) is 5. The Labute approximate surface area is 133 Å². The number of carbonyl (C=O) groups is 2. The summed E-state index contributed by atoms with van der Waals surface area (Å²) in [6, 6.07) is 0.0470. The van der Waals surface area contributed by atoms with Gasteiger partial charge in [-0.3, -0.25) is 0 Å². The number of carboxylic acid groups (broad SMARTS) is 1. The lowest BCUT2D eigenvalue weighted by Crippen LogP contribution is -2.41. The smallest absolute Gasteiger partial charge is 0.407 e. The van der Waals surface area contributed by atoms with Crippen molar-refractivity contribution in [1.82, 2.24) is 10.3 Å². The van der Waals surface area contributed by atoms with Crippen LogP contribution in [0.4, 0.5) is 4.79 Å². The molecule has 0 aromatic carbocycles. The van der Waals surface area contributed by atoms with E-state index in [1.807, 2.05) is 20.8 Å². The number of nitrogens with one attached hydrogen (secondary N) is 1. The number of aromatic nitrogens is 1. The number of ether oxygens (including phenoxy) is 1. The Kier molecular flexibility index (Phi) is 5.05. The summed E-state index contributed by atoms with van der Waals surface area (Å²) in [4.78, 5) is 26.9. The van der Waals surface area contributed by atoms with Crippen molar-refractivity contribution in [3.05, 3.63) is 16.1 Å². The fourth-order valence-corrected chi connectivity index (χ4v) is 3.54. The molecule has 7 heteroatoms. The lowest BCUT2D eigenvalue weighted by molar-refractivity contribution is 0.0490. The van der Waals surface area contributed by atoms with Gasteiger partial charge in [-0.05, 0) is 40.0 Å². The normalized spacial score (nSPS) is 22.1. The van der Waals surface area contributed by atoms with Crippen LogP contribution in [0.2, 0.25) is 0 Å². The van der Waals surface area contributed by atoms with Gasteiger partial charge in [0.1, 0.15) is 5.60 Å². The summed E-state index contributed by atoms with van der Waals surface area (Å²) in [6.07, 6.45) is 3.23. The van der Waals surface area contributed by atoms with Crippen LogP contribution in [-0.2, 0) is 4.74 Å². The Bertz CT molecular complexity index is 550. The molecule has 1 saturated carbocycles. The number of carboxylic acids is 1. The Balaban J connectivity index is 1.93. The molecule has 22 heavy (non-hydrogen) atoms. The summed E-state index contributed by atoms with van der Waals surface area (Å²) in [5.74, 6) is -0.798. The third-order valence-corrected chi connectivity index (χ3v) is 4.49. The molecule has 1 heterocycles. The molecule has 2 unspecified atom stereocenters. The van der Waals surface area contributed by atoms with Crippen LogP contribution in [0, 0.1) is 0 Å². The van der Waals surface area contributed by atoms with Crippen molar-refractivity contribution in [1.29, 1.82) is 0 Å². The van der Waals surface area contributed by atoms with Crippen molar-refractivity contribution in [3.63, 3.8) is 0 Å². The molecule has 1 aromatic heterocycles. The number of hydrogen-bond donors (Lipinski definition) is 2. The van der Waals surface area contributed by atoms with Crippen molar-refractivity contribution in [2.24, 2.45) is 0 Å². The molecule has 1 aromatic rings. The molecule has 2 rings (SSSR count). The lowest BCUT2D eigenvalue weighted by atomic mass is 9.86. The number of carbonyl (C=O) groups excluding carboxylic acids is 1. The fourth-order valence-electron chi connectivity index (χ4n) is 2.59. The summed E-state index contributed by atoms with van der Waals surface area (Å²) in [5.41, 5.74) is -0.411. The van der Waals surface area contributed by atoms with Crippen LogP contribution in [0.3, 0.4) is 0 Å². The Morgan fingerprint density at radius 2 is 2.14 bits per heavy atom. The average molecular weight is 326 g/mol. The molecule has 0 radical (unpaired) electrons. The summed E-state index contributed by atoms with van der Waals surface area (Å²) in [6.45, 7) is 5.50. The maximum absolute atomic E-state index is 11.8. The van der Waals surface area contributed by atoms with E-state index in [4.69, 9.17) is 9.84 Å². The van der Waals surface area contributed by atoms with Crippen LogP contribution < -0.4 is 5.32 Å². The molecular formula is C15H22N2O4S. The number of rotatable bonds is 3. The van der Waals surface area contributed by atoms with Gasteiger partial charge in [-0.25, -0.2) is 14.6 Å². The van der Waals surface area contributed by atoms with E-state index in [0.717, 1.165) is 30.7 Å². The van der Waals surface area contributed by atoms with Crippen molar-refractivity contribution in [3.8, 4) is 0 Å². The second-order valence-electron chi connectivity index (χ2n) is 6.58. The van der Waals surface area contributed by atoms with Crippen LogP contribution in [0.15, 0.2) is 5.38 Å². The van der Waals surface area contributed by atoms with Gasteiger partial charge in [0.05, 0.1) is 5.01 Å². The standard InChI is InChI=1S/C15H22N2O4S/c1-15(2,3)21-14(20)16-10-6-4-5-9(7-10)12-17-11(8-22-12)13(18)19/h8-10H,4-7H2,1-3H3,(H,16,20)(H,18,19). The monoisotopic (exact) mass is 326 g/mol. The Morgan fingerprint density at radius 1 is 1.41 bits per heavy atom. The third kappa shape index (κ3) is 4.69. The SMILES string of the molecule is CC(C)(C)OC(=O)NC1CCCC(c2nc(C(=O)O)cs2)C1.